The van der Waals surface area contributed by atoms with Crippen molar-refractivity contribution in [2.45, 2.75) is 24.8 Å². The number of amides is 1. The van der Waals surface area contributed by atoms with Crippen LogP contribution in [-0.4, -0.2) is 24.1 Å². The topological polar surface area (TPSA) is 93.1 Å². The van der Waals surface area contributed by atoms with Gasteiger partial charge in [0, 0.05) is 23.4 Å². The molecule has 0 fully saturated rings. The normalized spacial score (nSPS) is 11.4. The Balaban J connectivity index is 1.79. The fourth-order valence-electron chi connectivity index (χ4n) is 2.55. The average Bonchev–Trinajstić information content (AvgIpc) is 3.11. The number of anilines is 2. The van der Waals surface area contributed by atoms with E-state index in [-0.39, 0.29) is 16.8 Å². The van der Waals surface area contributed by atoms with E-state index in [0.29, 0.717) is 17.1 Å². The zero-order valence-corrected chi connectivity index (χ0v) is 15.8. The van der Waals surface area contributed by atoms with E-state index in [0.717, 1.165) is 0 Å². The van der Waals surface area contributed by atoms with Crippen LogP contribution in [0.25, 0.3) is 0 Å². The summed E-state index contributed by atoms with van der Waals surface area (Å²) in [5.41, 5.74) is 0.642. The Morgan fingerprint density at radius 3 is 2.48 bits per heavy atom. The monoisotopic (exact) mass is 384 g/mol. The predicted octanol–water partition coefficient (Wildman–Crippen LogP) is 3.52. The van der Waals surface area contributed by atoms with E-state index >= 15 is 0 Å². The molecule has 0 aliphatic carbocycles. The highest BCUT2D eigenvalue weighted by molar-refractivity contribution is 7.92. The molecule has 140 valence electrons. The molecule has 2 N–H and O–H groups in total. The van der Waals surface area contributed by atoms with Crippen LogP contribution in [0.15, 0.2) is 71.8 Å². The van der Waals surface area contributed by atoms with Crippen LogP contribution in [0.1, 0.15) is 30.2 Å². The highest BCUT2D eigenvalue weighted by Gasteiger charge is 2.15. The SMILES string of the molecule is CC(C)n1nccc1NC(=O)c1cccc(NS(=O)(=O)c2ccccc2)c1. The number of sulfonamides is 1. The van der Waals surface area contributed by atoms with Gasteiger partial charge in [0.25, 0.3) is 15.9 Å². The molecule has 1 aromatic heterocycles. The Hall–Kier alpha value is -3.13. The van der Waals surface area contributed by atoms with Gasteiger partial charge in [0.05, 0.1) is 11.1 Å². The maximum absolute atomic E-state index is 12.5. The first-order chi connectivity index (χ1) is 12.9. The van der Waals surface area contributed by atoms with E-state index in [4.69, 9.17) is 0 Å². The van der Waals surface area contributed by atoms with Gasteiger partial charge in [-0.3, -0.25) is 9.52 Å². The maximum atomic E-state index is 12.5. The minimum absolute atomic E-state index is 0.0966. The van der Waals surface area contributed by atoms with Gasteiger partial charge >= 0.3 is 0 Å². The lowest BCUT2D eigenvalue weighted by atomic mass is 10.2. The number of hydrogen-bond acceptors (Lipinski definition) is 4. The van der Waals surface area contributed by atoms with Gasteiger partial charge in [-0.15, -0.1) is 0 Å². The summed E-state index contributed by atoms with van der Waals surface area (Å²) in [5.74, 6) is 0.225. The van der Waals surface area contributed by atoms with Crippen LogP contribution in [0.5, 0.6) is 0 Å². The van der Waals surface area contributed by atoms with Crippen molar-refractivity contribution in [3.63, 3.8) is 0 Å². The lowest BCUT2D eigenvalue weighted by molar-refractivity contribution is 0.102. The van der Waals surface area contributed by atoms with Crippen LogP contribution in [0.2, 0.25) is 0 Å². The number of carbonyl (C=O) groups excluding carboxylic acids is 1. The van der Waals surface area contributed by atoms with Crippen LogP contribution in [-0.2, 0) is 10.0 Å². The fourth-order valence-corrected chi connectivity index (χ4v) is 3.62. The second-order valence-electron chi connectivity index (χ2n) is 6.21. The standard InChI is InChI=1S/C19H20N4O3S/c1-14(2)23-18(11-12-20-23)21-19(24)15-7-6-8-16(13-15)22-27(25,26)17-9-4-3-5-10-17/h3-14,22H,1-2H3,(H,21,24). The van der Waals surface area contributed by atoms with Crippen molar-refractivity contribution < 1.29 is 13.2 Å². The summed E-state index contributed by atoms with van der Waals surface area (Å²) in [7, 11) is -3.72. The highest BCUT2D eigenvalue weighted by atomic mass is 32.2. The Bertz CT molecular complexity index is 1040. The summed E-state index contributed by atoms with van der Waals surface area (Å²) in [4.78, 5) is 12.7. The molecule has 3 rings (SSSR count). The molecule has 8 heteroatoms. The minimum Gasteiger partial charge on any atom is -0.307 e. The van der Waals surface area contributed by atoms with Gasteiger partial charge in [-0.1, -0.05) is 24.3 Å². The molecule has 0 spiro atoms. The second-order valence-corrected chi connectivity index (χ2v) is 7.89. The fraction of sp³-hybridized carbons (Fsp3) is 0.158. The van der Waals surface area contributed by atoms with Gasteiger partial charge in [0.15, 0.2) is 0 Å². The average molecular weight is 384 g/mol. The smallest absolute Gasteiger partial charge is 0.261 e. The first kappa shape index (κ1) is 18.7. The lowest BCUT2D eigenvalue weighted by Crippen LogP contribution is -2.17. The van der Waals surface area contributed by atoms with Crippen molar-refractivity contribution in [2.75, 3.05) is 10.0 Å². The highest BCUT2D eigenvalue weighted by Crippen LogP contribution is 2.19. The van der Waals surface area contributed by atoms with E-state index in [1.165, 1.54) is 18.2 Å². The van der Waals surface area contributed by atoms with Crippen molar-refractivity contribution in [1.82, 2.24) is 9.78 Å². The molecule has 1 heterocycles. The predicted molar refractivity (Wildman–Crippen MR) is 104 cm³/mol. The van der Waals surface area contributed by atoms with Gasteiger partial charge in [-0.2, -0.15) is 5.10 Å². The van der Waals surface area contributed by atoms with E-state index in [9.17, 15) is 13.2 Å². The number of carbonyl (C=O) groups is 1. The Kier molecular flexibility index (Phi) is 5.27. The minimum atomic E-state index is -3.72. The van der Waals surface area contributed by atoms with E-state index in [1.54, 1.807) is 53.3 Å². The van der Waals surface area contributed by atoms with Crippen molar-refractivity contribution in [3.05, 3.63) is 72.4 Å². The number of hydrogen-bond donors (Lipinski definition) is 2. The summed E-state index contributed by atoms with van der Waals surface area (Å²) in [5, 5.41) is 6.97. The molecule has 0 aliphatic heterocycles. The zero-order chi connectivity index (χ0) is 19.4. The maximum Gasteiger partial charge on any atom is 0.261 e. The lowest BCUT2D eigenvalue weighted by Gasteiger charge is -2.12. The Labute approximate surface area is 158 Å². The number of aromatic nitrogens is 2. The molecule has 1 amide bonds. The summed E-state index contributed by atoms with van der Waals surface area (Å²) >= 11 is 0. The zero-order valence-electron chi connectivity index (χ0n) is 15.0. The number of rotatable bonds is 6. The molecule has 0 radical (unpaired) electrons. The van der Waals surface area contributed by atoms with Crippen molar-refractivity contribution >= 4 is 27.4 Å². The van der Waals surface area contributed by atoms with Gasteiger partial charge in [0.1, 0.15) is 5.82 Å². The van der Waals surface area contributed by atoms with Crippen molar-refractivity contribution in [1.29, 1.82) is 0 Å². The molecule has 27 heavy (non-hydrogen) atoms. The van der Waals surface area contributed by atoms with Crippen LogP contribution < -0.4 is 10.0 Å². The summed E-state index contributed by atoms with van der Waals surface area (Å²) in [6, 6.07) is 16.2. The van der Waals surface area contributed by atoms with Gasteiger partial charge in [-0.05, 0) is 44.2 Å². The Morgan fingerprint density at radius 1 is 1.04 bits per heavy atom. The van der Waals surface area contributed by atoms with Gasteiger partial charge in [0.2, 0.25) is 0 Å². The number of nitrogens with one attached hydrogen (secondary N) is 2. The van der Waals surface area contributed by atoms with Crippen molar-refractivity contribution in [3.8, 4) is 0 Å². The molecule has 2 aromatic carbocycles. The number of nitrogens with zero attached hydrogens (tertiary/aromatic N) is 2. The van der Waals surface area contributed by atoms with Gasteiger partial charge < -0.3 is 5.32 Å². The van der Waals surface area contributed by atoms with E-state index < -0.39 is 10.0 Å². The second kappa shape index (κ2) is 7.63. The van der Waals surface area contributed by atoms with Crippen LogP contribution in [0, 0.1) is 0 Å². The Morgan fingerprint density at radius 2 is 1.78 bits per heavy atom. The summed E-state index contributed by atoms with van der Waals surface area (Å²) in [6.07, 6.45) is 1.61. The summed E-state index contributed by atoms with van der Waals surface area (Å²) < 4.78 is 29.1. The first-order valence-electron chi connectivity index (χ1n) is 8.39. The molecule has 0 saturated heterocycles. The first-order valence-corrected chi connectivity index (χ1v) is 9.88. The molecular weight excluding hydrogens is 364 g/mol. The quantitative estimate of drug-likeness (QED) is 0.680. The molecule has 0 aliphatic rings. The molecular formula is C19H20N4O3S. The largest absolute Gasteiger partial charge is 0.307 e. The molecule has 3 aromatic rings. The molecule has 0 saturated carbocycles. The molecule has 0 atom stereocenters. The van der Waals surface area contributed by atoms with E-state index in [1.807, 2.05) is 13.8 Å². The molecule has 0 bridgehead atoms. The third-order valence-electron chi connectivity index (χ3n) is 3.83. The van der Waals surface area contributed by atoms with Crippen LogP contribution >= 0.6 is 0 Å². The molecule has 7 nitrogen and oxygen atoms in total. The third-order valence-corrected chi connectivity index (χ3v) is 5.23. The molecule has 0 unspecified atom stereocenters. The number of benzene rings is 2. The van der Waals surface area contributed by atoms with Crippen LogP contribution in [0.4, 0.5) is 11.5 Å². The van der Waals surface area contributed by atoms with Gasteiger partial charge in [-0.25, -0.2) is 13.1 Å². The van der Waals surface area contributed by atoms with Crippen molar-refractivity contribution in [2.24, 2.45) is 0 Å². The van der Waals surface area contributed by atoms with E-state index in [2.05, 4.69) is 15.1 Å². The van der Waals surface area contributed by atoms with Crippen LogP contribution in [0.3, 0.4) is 0 Å². The summed E-state index contributed by atoms with van der Waals surface area (Å²) in [6.45, 7) is 3.92. The third kappa shape index (κ3) is 4.35.